The van der Waals surface area contributed by atoms with Crippen LogP contribution in [0.1, 0.15) is 38.7 Å². The number of aryl methyl sites for hydroxylation is 1. The zero-order valence-electron chi connectivity index (χ0n) is 16.1. The molecule has 2 amide bonds. The highest BCUT2D eigenvalue weighted by atomic mass is 16.2. The van der Waals surface area contributed by atoms with E-state index in [0.29, 0.717) is 6.54 Å². The summed E-state index contributed by atoms with van der Waals surface area (Å²) in [5.41, 5.74) is 2.35. The molecule has 142 valence electrons. The topological polar surface area (TPSA) is 43.9 Å². The Morgan fingerprint density at radius 1 is 1.08 bits per heavy atom. The predicted molar refractivity (Wildman–Crippen MR) is 104 cm³/mol. The van der Waals surface area contributed by atoms with Gasteiger partial charge in [0.2, 0.25) is 11.8 Å². The van der Waals surface area contributed by atoms with Gasteiger partial charge < -0.3 is 9.80 Å². The highest BCUT2D eigenvalue weighted by Gasteiger charge is 2.30. The lowest BCUT2D eigenvalue weighted by atomic mass is 9.95. The Morgan fingerprint density at radius 2 is 1.77 bits per heavy atom. The number of benzene rings is 1. The molecule has 5 heteroatoms. The minimum Gasteiger partial charge on any atom is -0.343 e. The minimum absolute atomic E-state index is 0.122. The smallest absolute Gasteiger partial charge is 0.241 e. The summed E-state index contributed by atoms with van der Waals surface area (Å²) in [4.78, 5) is 31.5. The highest BCUT2D eigenvalue weighted by molar-refractivity contribution is 5.96. The van der Waals surface area contributed by atoms with Gasteiger partial charge in [-0.2, -0.15) is 0 Å². The molecule has 0 spiro atoms. The van der Waals surface area contributed by atoms with E-state index in [1.165, 1.54) is 5.56 Å². The number of likely N-dealkylation sites (tertiary alicyclic amines) is 1. The summed E-state index contributed by atoms with van der Waals surface area (Å²) in [7, 11) is 0. The first-order valence-corrected chi connectivity index (χ1v) is 10.0. The number of carbonyl (C=O) groups excluding carboxylic acids is 2. The van der Waals surface area contributed by atoms with Gasteiger partial charge >= 0.3 is 0 Å². The van der Waals surface area contributed by atoms with Gasteiger partial charge in [-0.25, -0.2) is 0 Å². The van der Waals surface area contributed by atoms with Crippen LogP contribution in [0.3, 0.4) is 0 Å². The molecule has 2 aliphatic rings. The second-order valence-electron chi connectivity index (χ2n) is 7.34. The van der Waals surface area contributed by atoms with Gasteiger partial charge in [-0.05, 0) is 64.3 Å². The molecule has 0 bridgehead atoms. The van der Waals surface area contributed by atoms with Gasteiger partial charge in [0.05, 0.1) is 6.54 Å². The van der Waals surface area contributed by atoms with Crippen molar-refractivity contribution in [2.24, 2.45) is 5.92 Å². The third kappa shape index (κ3) is 4.09. The average Bonchev–Trinajstić information content (AvgIpc) is 2.69. The third-order valence-corrected chi connectivity index (χ3v) is 5.78. The van der Waals surface area contributed by atoms with Crippen LogP contribution in [0.15, 0.2) is 24.3 Å². The molecule has 1 aromatic rings. The number of piperidine rings is 1. The van der Waals surface area contributed by atoms with Crippen molar-refractivity contribution < 1.29 is 9.59 Å². The van der Waals surface area contributed by atoms with Gasteiger partial charge in [0.25, 0.3) is 0 Å². The Kier molecular flexibility index (Phi) is 6.30. The molecule has 1 aromatic carbocycles. The number of carbonyl (C=O) groups is 2. The van der Waals surface area contributed by atoms with E-state index in [1.54, 1.807) is 0 Å². The molecule has 0 saturated carbocycles. The first-order valence-electron chi connectivity index (χ1n) is 10.0. The van der Waals surface area contributed by atoms with Crippen molar-refractivity contribution in [3.63, 3.8) is 0 Å². The number of fused-ring (bicyclic) bond motifs is 1. The monoisotopic (exact) mass is 357 g/mol. The van der Waals surface area contributed by atoms with Gasteiger partial charge in [-0.15, -0.1) is 0 Å². The van der Waals surface area contributed by atoms with E-state index in [2.05, 4.69) is 17.0 Å². The SMILES string of the molecule is CCN(CC)C(=O)C1CCN(CC(=O)N2CCCc3ccccc32)CC1. The third-order valence-electron chi connectivity index (χ3n) is 5.78. The number of hydrogen-bond donors (Lipinski definition) is 0. The van der Waals surface area contributed by atoms with Crippen molar-refractivity contribution >= 4 is 17.5 Å². The molecule has 0 aliphatic carbocycles. The lowest BCUT2D eigenvalue weighted by Crippen LogP contribution is -2.47. The fraction of sp³-hybridized carbons (Fsp3) is 0.619. The maximum atomic E-state index is 12.9. The summed E-state index contributed by atoms with van der Waals surface area (Å²) < 4.78 is 0. The van der Waals surface area contributed by atoms with Crippen LogP contribution in [0.4, 0.5) is 5.69 Å². The molecule has 0 N–H and O–H groups in total. The van der Waals surface area contributed by atoms with Gasteiger partial charge in [-0.3, -0.25) is 14.5 Å². The van der Waals surface area contributed by atoms with Crippen molar-refractivity contribution in [2.75, 3.05) is 44.2 Å². The number of hydrogen-bond acceptors (Lipinski definition) is 3. The Balaban J connectivity index is 1.54. The highest BCUT2D eigenvalue weighted by Crippen LogP contribution is 2.27. The molecule has 2 aliphatic heterocycles. The summed E-state index contributed by atoms with van der Waals surface area (Å²) in [6.07, 6.45) is 3.81. The molecule has 0 radical (unpaired) electrons. The van der Waals surface area contributed by atoms with E-state index in [0.717, 1.165) is 64.1 Å². The average molecular weight is 357 g/mol. The molecule has 5 nitrogen and oxygen atoms in total. The standard InChI is InChI=1S/C21H31N3O2/c1-3-23(4-2)21(26)18-11-14-22(15-12-18)16-20(25)24-13-7-9-17-8-5-6-10-19(17)24/h5-6,8,10,18H,3-4,7,9,11-16H2,1-2H3. The summed E-state index contributed by atoms with van der Waals surface area (Å²) in [6, 6.07) is 8.24. The molecule has 0 atom stereocenters. The van der Waals surface area contributed by atoms with E-state index in [9.17, 15) is 9.59 Å². The summed E-state index contributed by atoms with van der Waals surface area (Å²) in [5, 5.41) is 0. The van der Waals surface area contributed by atoms with Crippen LogP contribution in [0.2, 0.25) is 0 Å². The maximum absolute atomic E-state index is 12.9. The molecule has 26 heavy (non-hydrogen) atoms. The van der Waals surface area contributed by atoms with Crippen LogP contribution >= 0.6 is 0 Å². The van der Waals surface area contributed by atoms with Crippen molar-refractivity contribution in [3.8, 4) is 0 Å². The van der Waals surface area contributed by atoms with Gasteiger partial charge in [-0.1, -0.05) is 18.2 Å². The normalized spacial score (nSPS) is 18.5. The Bertz CT molecular complexity index is 634. The number of rotatable bonds is 5. The predicted octanol–water partition coefficient (Wildman–Crippen LogP) is 2.55. The fourth-order valence-corrected chi connectivity index (χ4v) is 4.20. The zero-order valence-corrected chi connectivity index (χ0v) is 16.1. The molecule has 1 fully saturated rings. The summed E-state index contributed by atoms with van der Waals surface area (Å²) in [5.74, 6) is 0.591. The van der Waals surface area contributed by atoms with Crippen LogP contribution in [-0.2, 0) is 16.0 Å². The number of anilines is 1. The zero-order chi connectivity index (χ0) is 18.5. The summed E-state index contributed by atoms with van der Waals surface area (Å²) >= 11 is 0. The number of amides is 2. The fourth-order valence-electron chi connectivity index (χ4n) is 4.20. The van der Waals surface area contributed by atoms with E-state index < -0.39 is 0 Å². The van der Waals surface area contributed by atoms with Crippen LogP contribution in [-0.4, -0.2) is 60.9 Å². The van der Waals surface area contributed by atoms with Crippen molar-refractivity contribution in [3.05, 3.63) is 29.8 Å². The van der Waals surface area contributed by atoms with Crippen molar-refractivity contribution in [2.45, 2.75) is 39.5 Å². The molecular formula is C21H31N3O2. The largest absolute Gasteiger partial charge is 0.343 e. The first kappa shape index (κ1) is 18.9. The van der Waals surface area contributed by atoms with Crippen molar-refractivity contribution in [1.29, 1.82) is 0 Å². The van der Waals surface area contributed by atoms with Gasteiger partial charge in [0.1, 0.15) is 0 Å². The van der Waals surface area contributed by atoms with E-state index in [1.807, 2.05) is 35.8 Å². The van der Waals surface area contributed by atoms with Gasteiger partial charge in [0.15, 0.2) is 0 Å². The lowest BCUT2D eigenvalue weighted by molar-refractivity contribution is -0.136. The Morgan fingerprint density at radius 3 is 2.46 bits per heavy atom. The van der Waals surface area contributed by atoms with E-state index in [4.69, 9.17) is 0 Å². The van der Waals surface area contributed by atoms with Crippen LogP contribution in [0, 0.1) is 5.92 Å². The number of nitrogens with zero attached hydrogens (tertiary/aromatic N) is 3. The number of para-hydroxylation sites is 1. The molecule has 0 unspecified atom stereocenters. The lowest BCUT2D eigenvalue weighted by Gasteiger charge is -2.35. The summed E-state index contributed by atoms with van der Waals surface area (Å²) in [6.45, 7) is 8.56. The second-order valence-corrected chi connectivity index (χ2v) is 7.34. The minimum atomic E-state index is 0.122. The van der Waals surface area contributed by atoms with Gasteiger partial charge in [0, 0.05) is 31.2 Å². The first-order chi connectivity index (χ1) is 12.6. The van der Waals surface area contributed by atoms with E-state index >= 15 is 0 Å². The Labute approximate surface area is 156 Å². The molecule has 0 aromatic heterocycles. The maximum Gasteiger partial charge on any atom is 0.241 e. The quantitative estimate of drug-likeness (QED) is 0.813. The Hall–Kier alpha value is -1.88. The van der Waals surface area contributed by atoms with Crippen LogP contribution < -0.4 is 4.90 Å². The molecule has 2 heterocycles. The van der Waals surface area contributed by atoms with Crippen molar-refractivity contribution in [1.82, 2.24) is 9.80 Å². The molecular weight excluding hydrogens is 326 g/mol. The van der Waals surface area contributed by atoms with Crippen LogP contribution in [0.5, 0.6) is 0 Å². The second kappa shape index (κ2) is 8.67. The van der Waals surface area contributed by atoms with Crippen LogP contribution in [0.25, 0.3) is 0 Å². The molecule has 3 rings (SSSR count). The van der Waals surface area contributed by atoms with E-state index in [-0.39, 0.29) is 17.7 Å². The molecule has 1 saturated heterocycles.